The highest BCUT2D eigenvalue weighted by Gasteiger charge is 2.39. The predicted molar refractivity (Wildman–Crippen MR) is 143 cm³/mol. The van der Waals surface area contributed by atoms with Gasteiger partial charge in [0.15, 0.2) is 0 Å². The van der Waals surface area contributed by atoms with Gasteiger partial charge in [-0.15, -0.1) is 0 Å². The SMILES string of the molecule is COC(=O)c1ccc(C2=NN(C)C(=O)C2C(C)=O)cc1.COC(=O)c1ccc(C2=NN(C)C(=O)C2C(C)=O)cc1. The van der Waals surface area contributed by atoms with Crippen LogP contribution in [0.4, 0.5) is 0 Å². The summed E-state index contributed by atoms with van der Waals surface area (Å²) in [6.45, 7) is 2.72. The largest absolute Gasteiger partial charge is 0.465 e. The quantitative estimate of drug-likeness (QED) is 0.391. The zero-order valence-electron chi connectivity index (χ0n) is 22.8. The Morgan fingerprint density at radius 2 is 0.925 bits per heavy atom. The molecule has 0 saturated heterocycles. The van der Waals surface area contributed by atoms with E-state index in [1.165, 1.54) is 42.2 Å². The van der Waals surface area contributed by atoms with Gasteiger partial charge < -0.3 is 9.47 Å². The van der Waals surface area contributed by atoms with Gasteiger partial charge >= 0.3 is 11.9 Å². The van der Waals surface area contributed by atoms with E-state index in [0.717, 1.165) is 10.0 Å². The molecule has 2 amide bonds. The van der Waals surface area contributed by atoms with E-state index in [9.17, 15) is 28.8 Å². The Hall–Kier alpha value is -5.00. The average molecular weight is 549 g/mol. The highest BCUT2D eigenvalue weighted by molar-refractivity contribution is 6.28. The molecule has 2 aromatic rings. The van der Waals surface area contributed by atoms with Crippen molar-refractivity contribution < 1.29 is 38.2 Å². The smallest absolute Gasteiger partial charge is 0.337 e. The summed E-state index contributed by atoms with van der Waals surface area (Å²) in [7, 11) is 5.62. The fraction of sp³-hybridized carbons (Fsp3) is 0.286. The molecule has 0 spiro atoms. The van der Waals surface area contributed by atoms with Gasteiger partial charge in [-0.1, -0.05) is 24.3 Å². The molecule has 2 atom stereocenters. The van der Waals surface area contributed by atoms with Crippen LogP contribution in [-0.2, 0) is 28.7 Å². The van der Waals surface area contributed by atoms with Crippen molar-refractivity contribution in [1.29, 1.82) is 0 Å². The normalized spacial score (nSPS) is 17.9. The van der Waals surface area contributed by atoms with E-state index in [2.05, 4.69) is 19.7 Å². The number of amides is 2. The number of rotatable bonds is 6. The van der Waals surface area contributed by atoms with Gasteiger partial charge in [0.05, 0.1) is 36.8 Å². The molecule has 0 radical (unpaired) electrons. The first-order chi connectivity index (χ1) is 18.9. The van der Waals surface area contributed by atoms with Gasteiger partial charge in [-0.3, -0.25) is 19.2 Å². The van der Waals surface area contributed by atoms with Crippen LogP contribution in [0.2, 0.25) is 0 Å². The monoisotopic (exact) mass is 548 g/mol. The maximum Gasteiger partial charge on any atom is 0.337 e. The Morgan fingerprint density at radius 1 is 0.625 bits per heavy atom. The van der Waals surface area contributed by atoms with E-state index in [-0.39, 0.29) is 23.4 Å². The van der Waals surface area contributed by atoms with Gasteiger partial charge in [0, 0.05) is 14.1 Å². The number of hydrogen-bond donors (Lipinski definition) is 0. The van der Waals surface area contributed by atoms with Crippen molar-refractivity contribution in [3.8, 4) is 0 Å². The van der Waals surface area contributed by atoms with Crippen LogP contribution in [0, 0.1) is 11.8 Å². The predicted octanol–water partition coefficient (Wildman–Crippen LogP) is 1.71. The molecule has 12 heteroatoms. The number of hydrogen-bond acceptors (Lipinski definition) is 10. The molecule has 0 saturated carbocycles. The Balaban J connectivity index is 0.000000220. The first kappa shape index (κ1) is 29.6. The number of hydrazone groups is 2. The van der Waals surface area contributed by atoms with Crippen molar-refractivity contribution in [2.24, 2.45) is 22.0 Å². The highest BCUT2D eigenvalue weighted by Crippen LogP contribution is 2.22. The molecule has 0 bridgehead atoms. The third-order valence-corrected chi connectivity index (χ3v) is 6.21. The Kier molecular flexibility index (Phi) is 9.04. The van der Waals surface area contributed by atoms with E-state index in [1.54, 1.807) is 48.5 Å². The van der Waals surface area contributed by atoms with Crippen LogP contribution < -0.4 is 0 Å². The third-order valence-electron chi connectivity index (χ3n) is 6.21. The van der Waals surface area contributed by atoms with Gasteiger partial charge in [-0.25, -0.2) is 19.6 Å². The number of ketones is 2. The van der Waals surface area contributed by atoms with Crippen LogP contribution in [-0.4, -0.2) is 85.1 Å². The number of Topliss-reactive ketones (excluding diaryl/α,β-unsaturated/α-hetero) is 2. The van der Waals surface area contributed by atoms with Crippen molar-refractivity contribution in [2.75, 3.05) is 28.3 Å². The summed E-state index contributed by atoms with van der Waals surface area (Å²) in [5.41, 5.74) is 2.87. The number of carbonyl (C=O) groups excluding carboxylic acids is 6. The molecule has 4 rings (SSSR count). The molecule has 2 aliphatic rings. The van der Waals surface area contributed by atoms with Gasteiger partial charge in [-0.2, -0.15) is 10.2 Å². The molecule has 2 unspecified atom stereocenters. The number of ether oxygens (including phenoxy) is 2. The van der Waals surface area contributed by atoms with Crippen molar-refractivity contribution in [1.82, 2.24) is 10.0 Å². The van der Waals surface area contributed by atoms with E-state index in [4.69, 9.17) is 0 Å². The molecule has 0 aromatic heterocycles. The molecule has 40 heavy (non-hydrogen) atoms. The van der Waals surface area contributed by atoms with Crippen LogP contribution in [0.15, 0.2) is 58.7 Å². The van der Waals surface area contributed by atoms with Gasteiger partial charge in [-0.05, 0) is 49.2 Å². The zero-order valence-corrected chi connectivity index (χ0v) is 22.8. The Morgan fingerprint density at radius 3 is 1.18 bits per heavy atom. The Bertz CT molecular complexity index is 1320. The summed E-state index contributed by atoms with van der Waals surface area (Å²) in [5, 5.41) is 10.5. The summed E-state index contributed by atoms with van der Waals surface area (Å²) in [6, 6.07) is 12.9. The molecule has 208 valence electrons. The van der Waals surface area contributed by atoms with Crippen molar-refractivity contribution in [3.63, 3.8) is 0 Å². The van der Waals surface area contributed by atoms with Crippen molar-refractivity contribution in [2.45, 2.75) is 13.8 Å². The number of methoxy groups -OCH3 is 2. The standard InChI is InChI=1S/2C14H14N2O4/c2*1-8(17)11-12(15-16(2)13(11)18)9-4-6-10(7-5-9)14(19)20-3/h2*4-7,11H,1-3H3. The molecule has 2 aromatic carbocycles. The van der Waals surface area contributed by atoms with Crippen molar-refractivity contribution in [3.05, 3.63) is 70.8 Å². The second-order valence-corrected chi connectivity index (χ2v) is 8.92. The van der Waals surface area contributed by atoms with Crippen molar-refractivity contribution >= 4 is 46.7 Å². The second kappa shape index (κ2) is 12.2. The topological polar surface area (TPSA) is 152 Å². The molecule has 0 fully saturated rings. The lowest BCUT2D eigenvalue weighted by Crippen LogP contribution is -2.30. The average Bonchev–Trinajstić information content (AvgIpc) is 3.42. The zero-order chi connectivity index (χ0) is 29.7. The summed E-state index contributed by atoms with van der Waals surface area (Å²) in [5.74, 6) is -3.82. The summed E-state index contributed by atoms with van der Waals surface area (Å²) < 4.78 is 9.22. The maximum absolute atomic E-state index is 11.9. The number of benzene rings is 2. The summed E-state index contributed by atoms with van der Waals surface area (Å²) in [4.78, 5) is 69.7. The minimum absolute atomic E-state index is 0.254. The second-order valence-electron chi connectivity index (χ2n) is 8.92. The van der Waals surface area contributed by atoms with Crippen LogP contribution >= 0.6 is 0 Å². The number of nitrogens with zero attached hydrogens (tertiary/aromatic N) is 4. The molecule has 2 heterocycles. The lowest BCUT2D eigenvalue weighted by Gasteiger charge is -2.08. The molecule has 0 N–H and O–H groups in total. The minimum Gasteiger partial charge on any atom is -0.465 e. The fourth-order valence-electron chi connectivity index (χ4n) is 4.12. The van der Waals surface area contributed by atoms with Gasteiger partial charge in [0.25, 0.3) is 11.8 Å². The van der Waals surface area contributed by atoms with Gasteiger partial charge in [0.2, 0.25) is 0 Å². The highest BCUT2D eigenvalue weighted by atomic mass is 16.5. The van der Waals surface area contributed by atoms with Crippen LogP contribution in [0.25, 0.3) is 0 Å². The first-order valence-corrected chi connectivity index (χ1v) is 12.0. The maximum atomic E-state index is 11.9. The molecular weight excluding hydrogens is 520 g/mol. The van der Waals surface area contributed by atoms with E-state index in [1.807, 2.05) is 0 Å². The first-order valence-electron chi connectivity index (χ1n) is 12.0. The number of esters is 2. The molecule has 2 aliphatic heterocycles. The van der Waals surface area contributed by atoms with E-state index >= 15 is 0 Å². The molecule has 0 aliphatic carbocycles. The molecular formula is C28H28N4O8. The number of carbonyl (C=O) groups is 6. The van der Waals surface area contributed by atoms with Crippen LogP contribution in [0.1, 0.15) is 45.7 Å². The van der Waals surface area contributed by atoms with E-state index in [0.29, 0.717) is 33.7 Å². The third kappa shape index (κ3) is 6.01. The lowest BCUT2D eigenvalue weighted by molar-refractivity contribution is -0.136. The lowest BCUT2D eigenvalue weighted by atomic mass is 9.93. The van der Waals surface area contributed by atoms with Crippen LogP contribution in [0.3, 0.4) is 0 Å². The fourth-order valence-corrected chi connectivity index (χ4v) is 4.12. The minimum atomic E-state index is -0.871. The molecule has 12 nitrogen and oxygen atoms in total. The summed E-state index contributed by atoms with van der Waals surface area (Å²) in [6.07, 6.45) is 0. The van der Waals surface area contributed by atoms with Gasteiger partial charge in [0.1, 0.15) is 23.4 Å². The van der Waals surface area contributed by atoms with Crippen LogP contribution in [0.5, 0.6) is 0 Å². The Labute approximate surface area is 230 Å². The summed E-state index contributed by atoms with van der Waals surface area (Å²) >= 11 is 0. The van der Waals surface area contributed by atoms with E-state index < -0.39 is 23.8 Å².